The van der Waals surface area contributed by atoms with Crippen LogP contribution in [0.5, 0.6) is 0 Å². The van der Waals surface area contributed by atoms with Crippen LogP contribution >= 0.6 is 0 Å². The molecule has 0 aliphatic heterocycles. The Hall–Kier alpha value is -7.30. The Morgan fingerprint density at radius 2 is 1.08 bits per heavy atom. The first-order valence-corrected chi connectivity index (χ1v) is 19.9. The third-order valence-corrected chi connectivity index (χ3v) is 10.6. The topological polar surface area (TPSA) is 51.6 Å². The predicted octanol–water partition coefficient (Wildman–Crippen LogP) is 14.2. The van der Waals surface area contributed by atoms with E-state index in [2.05, 4.69) is 183 Å². The van der Waals surface area contributed by atoms with Crippen molar-refractivity contribution in [2.75, 3.05) is 0 Å². The van der Waals surface area contributed by atoms with Crippen LogP contribution in [0.1, 0.15) is 50.2 Å². The van der Waals surface area contributed by atoms with E-state index in [-0.39, 0.29) is 5.41 Å². The molecule has 0 aliphatic rings. The summed E-state index contributed by atoms with van der Waals surface area (Å²) in [5, 5.41) is 0. The molecule has 5 aromatic carbocycles. The van der Waals surface area contributed by atoms with Gasteiger partial charge in [-0.3, -0.25) is 0 Å². The summed E-state index contributed by atoms with van der Waals surface area (Å²) in [7, 11) is 0. The highest BCUT2D eigenvalue weighted by Gasteiger charge is 2.24. The van der Waals surface area contributed by atoms with Crippen LogP contribution in [-0.4, -0.2) is 19.9 Å². The summed E-state index contributed by atoms with van der Waals surface area (Å²) >= 11 is 0. The van der Waals surface area contributed by atoms with E-state index in [0.29, 0.717) is 5.82 Å². The third-order valence-electron chi connectivity index (χ3n) is 10.6. The lowest BCUT2D eigenvalue weighted by Crippen LogP contribution is -2.18. The molecule has 0 saturated heterocycles. The van der Waals surface area contributed by atoms with E-state index < -0.39 is 0 Å². The molecule has 4 heteroatoms. The molecule has 7 rings (SSSR count). The lowest BCUT2D eigenvalue weighted by atomic mass is 9.77. The van der Waals surface area contributed by atoms with Crippen molar-refractivity contribution in [2.45, 2.75) is 33.1 Å². The van der Waals surface area contributed by atoms with Crippen molar-refractivity contribution in [3.8, 4) is 56.2 Å². The van der Waals surface area contributed by atoms with Gasteiger partial charge in [-0.1, -0.05) is 191 Å². The van der Waals surface area contributed by atoms with Crippen LogP contribution in [0.15, 0.2) is 208 Å². The highest BCUT2D eigenvalue weighted by atomic mass is 14.9. The summed E-state index contributed by atoms with van der Waals surface area (Å²) in [6.07, 6.45) is 17.2. The van der Waals surface area contributed by atoms with E-state index in [9.17, 15) is 0 Å². The van der Waals surface area contributed by atoms with Gasteiger partial charge in [0, 0.05) is 33.2 Å². The number of aromatic nitrogens is 4. The predicted molar refractivity (Wildman–Crippen MR) is 249 cm³/mol. The van der Waals surface area contributed by atoms with Crippen LogP contribution in [0.4, 0.5) is 0 Å². The summed E-state index contributed by atoms with van der Waals surface area (Å²) in [5.41, 5.74) is 15.2. The standard InChI is InChI=1S/C55H48N4/c1-7-10-13-18-39(4)44-22-16-25-47(34-44)53-37-52(58-54(59-53)40(9-3)19-11-8-2)43-28-32-49(33-29-43)55(5,6)48-30-26-42(27-31-48)50-36-51(57-38-56-50)46-24-17-23-45(35-46)41-20-14-12-15-21-41/h7-38H,1,3H2,2,4-6H3/b11-8-,13-10-,39-18+,40-19+. The highest BCUT2D eigenvalue weighted by Crippen LogP contribution is 2.35. The Bertz CT molecular complexity index is 2710. The van der Waals surface area contributed by atoms with Gasteiger partial charge in [0.05, 0.1) is 22.8 Å². The van der Waals surface area contributed by atoms with Gasteiger partial charge in [-0.2, -0.15) is 0 Å². The van der Waals surface area contributed by atoms with Gasteiger partial charge in [0.25, 0.3) is 0 Å². The molecule has 0 aliphatic carbocycles. The largest absolute Gasteiger partial charge is 0.236 e. The summed E-state index contributed by atoms with van der Waals surface area (Å²) < 4.78 is 0. The van der Waals surface area contributed by atoms with Crippen LogP contribution in [0.3, 0.4) is 0 Å². The molecule has 0 N–H and O–H groups in total. The van der Waals surface area contributed by atoms with Crippen molar-refractivity contribution in [1.29, 1.82) is 0 Å². The van der Waals surface area contributed by atoms with E-state index in [0.717, 1.165) is 67.3 Å². The average molecular weight is 765 g/mol. The molecule has 0 fully saturated rings. The summed E-state index contributed by atoms with van der Waals surface area (Å²) in [6.45, 7) is 16.5. The first kappa shape index (κ1) is 39.9. The maximum Gasteiger partial charge on any atom is 0.160 e. The molecule has 2 aromatic heterocycles. The molecule has 0 unspecified atom stereocenters. The van der Waals surface area contributed by atoms with E-state index >= 15 is 0 Å². The van der Waals surface area contributed by atoms with Crippen molar-refractivity contribution in [1.82, 2.24) is 19.9 Å². The Kier molecular flexibility index (Phi) is 12.4. The molecule has 2 heterocycles. The molecular weight excluding hydrogens is 717 g/mol. The molecule has 0 radical (unpaired) electrons. The fraction of sp³-hybridized carbons (Fsp3) is 0.0909. The highest BCUT2D eigenvalue weighted by molar-refractivity contribution is 5.78. The molecule has 0 amide bonds. The van der Waals surface area contributed by atoms with Crippen molar-refractivity contribution in [3.05, 3.63) is 230 Å². The van der Waals surface area contributed by atoms with Crippen LogP contribution < -0.4 is 0 Å². The third kappa shape index (κ3) is 9.30. The Morgan fingerprint density at radius 3 is 1.73 bits per heavy atom. The Morgan fingerprint density at radius 1 is 0.525 bits per heavy atom. The van der Waals surface area contributed by atoms with E-state index in [1.807, 2.05) is 49.4 Å². The van der Waals surface area contributed by atoms with Crippen LogP contribution in [0, 0.1) is 0 Å². The van der Waals surface area contributed by atoms with Crippen molar-refractivity contribution >= 4 is 11.1 Å². The summed E-state index contributed by atoms with van der Waals surface area (Å²) in [4.78, 5) is 19.4. The maximum atomic E-state index is 5.07. The number of hydrogen-bond acceptors (Lipinski definition) is 4. The van der Waals surface area contributed by atoms with Gasteiger partial charge in [-0.05, 0) is 71.5 Å². The molecule has 7 aromatic rings. The van der Waals surface area contributed by atoms with Gasteiger partial charge >= 0.3 is 0 Å². The van der Waals surface area contributed by atoms with Crippen molar-refractivity contribution in [2.24, 2.45) is 0 Å². The van der Waals surface area contributed by atoms with Gasteiger partial charge in [0.2, 0.25) is 0 Å². The minimum atomic E-state index is -0.258. The minimum absolute atomic E-state index is 0.258. The molecule has 0 saturated carbocycles. The number of nitrogens with zero attached hydrogens (tertiary/aromatic N) is 4. The lowest BCUT2D eigenvalue weighted by Gasteiger charge is -2.26. The van der Waals surface area contributed by atoms with Crippen LogP contribution in [-0.2, 0) is 5.41 Å². The van der Waals surface area contributed by atoms with E-state index in [4.69, 9.17) is 9.97 Å². The smallest absolute Gasteiger partial charge is 0.160 e. The Labute approximate surface area is 349 Å². The molecule has 0 spiro atoms. The number of rotatable bonds is 13. The fourth-order valence-corrected chi connectivity index (χ4v) is 7.05. The Balaban J connectivity index is 1.16. The number of allylic oxidation sites excluding steroid dienone is 10. The second kappa shape index (κ2) is 18.3. The average Bonchev–Trinajstić information content (AvgIpc) is 3.29. The molecular formula is C55H48N4. The number of hydrogen-bond donors (Lipinski definition) is 0. The molecule has 4 nitrogen and oxygen atoms in total. The van der Waals surface area contributed by atoms with Gasteiger partial charge in [-0.15, -0.1) is 0 Å². The second-order valence-electron chi connectivity index (χ2n) is 14.9. The quantitative estimate of drug-likeness (QED) is 0.110. The van der Waals surface area contributed by atoms with Crippen molar-refractivity contribution < 1.29 is 0 Å². The van der Waals surface area contributed by atoms with Crippen LogP contribution in [0.2, 0.25) is 0 Å². The van der Waals surface area contributed by atoms with Gasteiger partial charge in [-0.25, -0.2) is 19.9 Å². The lowest BCUT2D eigenvalue weighted by molar-refractivity contribution is 0.641. The molecule has 0 atom stereocenters. The SMILES string of the molecule is C=C/C=C\C=C(/C)c1cccc(-c2cc(-c3ccc(C(C)(C)c4ccc(-c5cc(-c6cccc(-c7ccccc7)c6)ncn5)cc4)cc3)nc(/C(C=C)=C/C=C\C)n2)c1. The van der Waals surface area contributed by atoms with E-state index in [1.54, 1.807) is 12.4 Å². The van der Waals surface area contributed by atoms with Crippen molar-refractivity contribution in [3.63, 3.8) is 0 Å². The van der Waals surface area contributed by atoms with Gasteiger partial charge in [0.15, 0.2) is 5.82 Å². The maximum absolute atomic E-state index is 5.07. The molecule has 288 valence electrons. The second-order valence-corrected chi connectivity index (χ2v) is 14.9. The van der Waals surface area contributed by atoms with E-state index in [1.165, 1.54) is 16.7 Å². The first-order valence-electron chi connectivity index (χ1n) is 19.9. The molecule has 0 bridgehead atoms. The fourth-order valence-electron chi connectivity index (χ4n) is 7.05. The zero-order valence-corrected chi connectivity index (χ0v) is 34.2. The molecule has 59 heavy (non-hydrogen) atoms. The monoisotopic (exact) mass is 764 g/mol. The van der Waals surface area contributed by atoms with Gasteiger partial charge in [0.1, 0.15) is 6.33 Å². The van der Waals surface area contributed by atoms with Crippen LogP contribution in [0.25, 0.3) is 67.3 Å². The summed E-state index contributed by atoms with van der Waals surface area (Å²) in [6, 6.07) is 49.0. The van der Waals surface area contributed by atoms with Gasteiger partial charge < -0.3 is 0 Å². The zero-order chi connectivity index (χ0) is 41.2. The minimum Gasteiger partial charge on any atom is -0.236 e. The summed E-state index contributed by atoms with van der Waals surface area (Å²) in [5.74, 6) is 0.623. The number of benzene rings is 5. The zero-order valence-electron chi connectivity index (χ0n) is 34.2. The first-order chi connectivity index (χ1) is 28.8. The normalized spacial score (nSPS) is 12.3.